The summed E-state index contributed by atoms with van der Waals surface area (Å²) in [5.41, 5.74) is 14.3. The minimum absolute atomic E-state index is 0.489. The zero-order chi connectivity index (χ0) is 36.3. The van der Waals surface area contributed by atoms with E-state index in [1.165, 1.54) is 33.4 Å². The fourth-order valence-corrected chi connectivity index (χ4v) is 8.25. The molecule has 0 saturated heterocycles. The SMILES string of the molecule is c1ccc(C2(c3ccccc3)c3ccccc3-c3ccc(-c4cnc(-c5cc(-c6nc7ccccc7o6)cc(-c6nc7ccccc7o6)c5)nc4)cc32)cc1. The zero-order valence-corrected chi connectivity index (χ0v) is 29.4. The second-order valence-corrected chi connectivity index (χ2v) is 13.9. The largest absolute Gasteiger partial charge is 0.436 e. The zero-order valence-electron chi connectivity index (χ0n) is 29.4. The van der Waals surface area contributed by atoms with Crippen molar-refractivity contribution in [2.24, 2.45) is 0 Å². The van der Waals surface area contributed by atoms with Crippen LogP contribution in [-0.4, -0.2) is 19.9 Å². The van der Waals surface area contributed by atoms with Gasteiger partial charge in [0, 0.05) is 34.6 Å². The molecule has 1 aliphatic rings. The Hall–Kier alpha value is -7.44. The molecule has 258 valence electrons. The van der Waals surface area contributed by atoms with Crippen molar-refractivity contribution >= 4 is 22.2 Å². The van der Waals surface area contributed by atoms with Gasteiger partial charge in [0.25, 0.3) is 0 Å². The summed E-state index contributed by atoms with van der Waals surface area (Å²) in [5.74, 6) is 1.56. The molecule has 3 aromatic heterocycles. The average Bonchev–Trinajstić information content (AvgIpc) is 3.97. The van der Waals surface area contributed by atoms with Gasteiger partial charge >= 0.3 is 0 Å². The Balaban J connectivity index is 1.04. The first-order chi connectivity index (χ1) is 27.2. The van der Waals surface area contributed by atoms with Gasteiger partial charge in [-0.15, -0.1) is 0 Å². The Labute approximate surface area is 316 Å². The molecule has 10 aromatic rings. The van der Waals surface area contributed by atoms with Crippen molar-refractivity contribution in [2.45, 2.75) is 5.41 Å². The first-order valence-corrected chi connectivity index (χ1v) is 18.3. The third-order valence-electron chi connectivity index (χ3n) is 10.7. The Bertz CT molecular complexity index is 2840. The second kappa shape index (κ2) is 12.3. The van der Waals surface area contributed by atoms with Crippen LogP contribution in [0.5, 0.6) is 0 Å². The van der Waals surface area contributed by atoms with Crippen LogP contribution in [0.25, 0.3) is 78.7 Å². The van der Waals surface area contributed by atoms with Crippen molar-refractivity contribution in [1.82, 2.24) is 19.9 Å². The Morgan fingerprint density at radius 3 is 1.49 bits per heavy atom. The van der Waals surface area contributed by atoms with Crippen molar-refractivity contribution in [3.63, 3.8) is 0 Å². The Morgan fingerprint density at radius 1 is 0.382 bits per heavy atom. The van der Waals surface area contributed by atoms with Crippen LogP contribution in [-0.2, 0) is 5.41 Å². The van der Waals surface area contributed by atoms with Crippen molar-refractivity contribution in [3.05, 3.63) is 205 Å². The van der Waals surface area contributed by atoms with Gasteiger partial charge in [-0.1, -0.05) is 121 Å². The molecule has 0 bridgehead atoms. The molecule has 7 aromatic carbocycles. The van der Waals surface area contributed by atoms with Gasteiger partial charge in [-0.25, -0.2) is 19.9 Å². The van der Waals surface area contributed by atoms with Crippen molar-refractivity contribution in [3.8, 4) is 56.6 Å². The number of fused-ring (bicyclic) bond motifs is 5. The summed E-state index contributed by atoms with van der Waals surface area (Å²) in [6.45, 7) is 0. The number of hydrogen-bond donors (Lipinski definition) is 0. The molecular weight excluding hydrogens is 677 g/mol. The Morgan fingerprint density at radius 2 is 0.891 bits per heavy atom. The lowest BCUT2D eigenvalue weighted by molar-refractivity contribution is 0.617. The number of oxazole rings is 2. The van der Waals surface area contributed by atoms with E-state index in [0.717, 1.165) is 38.9 Å². The fourth-order valence-electron chi connectivity index (χ4n) is 8.25. The van der Waals surface area contributed by atoms with E-state index in [2.05, 4.69) is 103 Å². The molecule has 3 heterocycles. The highest BCUT2D eigenvalue weighted by Crippen LogP contribution is 2.56. The van der Waals surface area contributed by atoms with Crippen LogP contribution < -0.4 is 0 Å². The van der Waals surface area contributed by atoms with Gasteiger partial charge in [0.1, 0.15) is 11.0 Å². The molecule has 1 aliphatic carbocycles. The molecule has 11 rings (SSSR count). The van der Waals surface area contributed by atoms with Crippen LogP contribution in [0.1, 0.15) is 22.3 Å². The van der Waals surface area contributed by atoms with E-state index in [9.17, 15) is 0 Å². The standard InChI is InChI=1S/C49H30N4O2/c1-3-13-36(14-4-1)49(37-15-5-2-6-16-37)40-18-8-7-17-38(40)39-24-23-31(28-41(39)49)35-29-50-46(51-30-35)32-25-33(47-52-42-19-9-11-21-44(42)54-47)27-34(26-32)48-53-43-20-10-12-22-45(43)55-48/h1-30H. The lowest BCUT2D eigenvalue weighted by atomic mass is 9.67. The van der Waals surface area contributed by atoms with E-state index in [1.807, 2.05) is 79.1 Å². The number of hydrogen-bond acceptors (Lipinski definition) is 6. The number of rotatable bonds is 6. The number of benzene rings is 7. The summed E-state index contributed by atoms with van der Waals surface area (Å²) < 4.78 is 12.4. The molecule has 55 heavy (non-hydrogen) atoms. The molecule has 0 N–H and O–H groups in total. The lowest BCUT2D eigenvalue weighted by Crippen LogP contribution is -2.28. The van der Waals surface area contributed by atoms with E-state index in [0.29, 0.717) is 28.8 Å². The minimum Gasteiger partial charge on any atom is -0.436 e. The van der Waals surface area contributed by atoms with Crippen LogP contribution in [0.15, 0.2) is 191 Å². The molecule has 0 aliphatic heterocycles. The maximum atomic E-state index is 6.21. The maximum absolute atomic E-state index is 6.21. The van der Waals surface area contributed by atoms with Crippen LogP contribution in [0.2, 0.25) is 0 Å². The van der Waals surface area contributed by atoms with E-state index in [1.54, 1.807) is 0 Å². The molecule has 0 saturated carbocycles. The molecule has 6 heteroatoms. The van der Waals surface area contributed by atoms with Crippen LogP contribution in [0, 0.1) is 0 Å². The lowest BCUT2D eigenvalue weighted by Gasteiger charge is -2.34. The monoisotopic (exact) mass is 706 g/mol. The van der Waals surface area contributed by atoms with Gasteiger partial charge in [-0.2, -0.15) is 0 Å². The van der Waals surface area contributed by atoms with Gasteiger partial charge in [-0.3, -0.25) is 0 Å². The Kier molecular flexibility index (Phi) is 6.97. The topological polar surface area (TPSA) is 77.8 Å². The van der Waals surface area contributed by atoms with Gasteiger partial charge in [0.2, 0.25) is 11.8 Å². The van der Waals surface area contributed by atoms with Crippen LogP contribution in [0.3, 0.4) is 0 Å². The third-order valence-corrected chi connectivity index (χ3v) is 10.7. The highest BCUT2D eigenvalue weighted by molar-refractivity contribution is 5.88. The normalized spacial score (nSPS) is 12.9. The highest BCUT2D eigenvalue weighted by atomic mass is 16.4. The number of para-hydroxylation sites is 4. The summed E-state index contributed by atoms with van der Waals surface area (Å²) in [6, 6.07) is 58.7. The van der Waals surface area contributed by atoms with Gasteiger partial charge < -0.3 is 8.83 Å². The fraction of sp³-hybridized carbons (Fsp3) is 0.0204. The highest BCUT2D eigenvalue weighted by Gasteiger charge is 2.46. The van der Waals surface area contributed by atoms with E-state index in [4.69, 9.17) is 28.8 Å². The summed E-state index contributed by atoms with van der Waals surface area (Å²) >= 11 is 0. The quantitative estimate of drug-likeness (QED) is 0.171. The predicted molar refractivity (Wildman–Crippen MR) is 216 cm³/mol. The number of nitrogens with zero attached hydrogens (tertiary/aromatic N) is 4. The molecule has 0 unspecified atom stereocenters. The predicted octanol–water partition coefficient (Wildman–Crippen LogP) is 11.8. The summed E-state index contributed by atoms with van der Waals surface area (Å²) in [6.07, 6.45) is 3.81. The number of aromatic nitrogens is 4. The van der Waals surface area contributed by atoms with Gasteiger partial charge in [0.15, 0.2) is 17.0 Å². The molecule has 0 radical (unpaired) electrons. The summed E-state index contributed by atoms with van der Waals surface area (Å²) in [5, 5.41) is 0. The van der Waals surface area contributed by atoms with Gasteiger partial charge in [-0.05, 0) is 87.5 Å². The molecule has 0 fully saturated rings. The second-order valence-electron chi connectivity index (χ2n) is 13.9. The smallest absolute Gasteiger partial charge is 0.227 e. The van der Waals surface area contributed by atoms with E-state index < -0.39 is 5.41 Å². The summed E-state index contributed by atoms with van der Waals surface area (Å²) in [4.78, 5) is 19.5. The van der Waals surface area contributed by atoms with Crippen LogP contribution in [0.4, 0.5) is 0 Å². The van der Waals surface area contributed by atoms with E-state index >= 15 is 0 Å². The molecular formula is C49H30N4O2. The van der Waals surface area contributed by atoms with Gasteiger partial charge in [0.05, 0.1) is 5.41 Å². The molecule has 0 spiro atoms. The minimum atomic E-state index is -0.489. The van der Waals surface area contributed by atoms with E-state index in [-0.39, 0.29) is 0 Å². The molecule has 0 amide bonds. The maximum Gasteiger partial charge on any atom is 0.227 e. The summed E-state index contributed by atoms with van der Waals surface area (Å²) in [7, 11) is 0. The van der Waals surface area contributed by atoms with Crippen molar-refractivity contribution in [1.29, 1.82) is 0 Å². The van der Waals surface area contributed by atoms with Crippen LogP contribution >= 0.6 is 0 Å². The van der Waals surface area contributed by atoms with Crippen molar-refractivity contribution < 1.29 is 8.83 Å². The molecule has 6 nitrogen and oxygen atoms in total. The average molecular weight is 707 g/mol. The third kappa shape index (κ3) is 4.96. The molecule has 0 atom stereocenters. The first kappa shape index (κ1) is 31.1. The van der Waals surface area contributed by atoms with Crippen molar-refractivity contribution in [2.75, 3.05) is 0 Å². The first-order valence-electron chi connectivity index (χ1n) is 18.3.